The van der Waals surface area contributed by atoms with Crippen molar-refractivity contribution in [3.05, 3.63) is 23.8 Å². The van der Waals surface area contributed by atoms with Gasteiger partial charge in [0.2, 0.25) is 0 Å². The summed E-state index contributed by atoms with van der Waals surface area (Å²) in [5, 5.41) is 41.6. The lowest BCUT2D eigenvalue weighted by molar-refractivity contribution is -0.0896. The molecule has 0 radical (unpaired) electrons. The Kier molecular flexibility index (Phi) is 4.45. The summed E-state index contributed by atoms with van der Waals surface area (Å²) in [5.74, 6) is 0.560. The van der Waals surface area contributed by atoms with E-state index in [1.165, 1.54) is 5.57 Å². The van der Waals surface area contributed by atoms with Gasteiger partial charge in [-0.3, -0.25) is 0 Å². The fourth-order valence-electron chi connectivity index (χ4n) is 6.75. The van der Waals surface area contributed by atoms with Gasteiger partial charge in [0, 0.05) is 6.61 Å². The van der Waals surface area contributed by atoms with E-state index in [1.807, 2.05) is 0 Å². The Morgan fingerprint density at radius 1 is 1.19 bits per heavy atom. The van der Waals surface area contributed by atoms with Crippen LogP contribution in [0, 0.1) is 22.7 Å². The Labute approximate surface area is 161 Å². The summed E-state index contributed by atoms with van der Waals surface area (Å²) in [6, 6.07) is 0. The van der Waals surface area contributed by atoms with Crippen molar-refractivity contribution in [3.8, 4) is 0 Å². The topological polar surface area (TPSA) is 93.5 Å². The predicted octanol–water partition coefficient (Wildman–Crippen LogP) is 1.94. The third-order valence-corrected chi connectivity index (χ3v) is 8.62. The third-order valence-electron chi connectivity index (χ3n) is 8.62. The number of fused-ring (bicyclic) bond motifs is 2. The lowest BCUT2D eigenvalue weighted by atomic mass is 9.47. The van der Waals surface area contributed by atoms with Crippen LogP contribution in [0.4, 0.5) is 0 Å². The average molecular weight is 379 g/mol. The van der Waals surface area contributed by atoms with Crippen LogP contribution in [0.1, 0.15) is 52.9 Å². The van der Waals surface area contributed by atoms with Crippen LogP contribution >= 0.6 is 0 Å². The molecular weight excluding hydrogens is 344 g/mol. The molecule has 1 heterocycles. The fourth-order valence-corrected chi connectivity index (χ4v) is 6.75. The first-order valence-electron chi connectivity index (χ1n) is 10.3. The van der Waals surface area contributed by atoms with E-state index in [0.717, 1.165) is 25.7 Å². The minimum atomic E-state index is -1.16. The van der Waals surface area contributed by atoms with Crippen LogP contribution in [0.5, 0.6) is 0 Å². The molecule has 3 fully saturated rings. The minimum Gasteiger partial charge on any atom is -0.396 e. The van der Waals surface area contributed by atoms with E-state index < -0.39 is 30.0 Å². The second-order valence-corrected chi connectivity index (χ2v) is 10.1. The normalized spacial score (nSPS) is 54.8. The van der Waals surface area contributed by atoms with E-state index in [-0.39, 0.29) is 28.9 Å². The zero-order valence-corrected chi connectivity index (χ0v) is 16.7. The van der Waals surface area contributed by atoms with Crippen LogP contribution in [-0.4, -0.2) is 57.0 Å². The van der Waals surface area contributed by atoms with Crippen LogP contribution in [0.15, 0.2) is 23.8 Å². The Morgan fingerprint density at radius 2 is 1.89 bits per heavy atom. The summed E-state index contributed by atoms with van der Waals surface area (Å²) in [6.07, 6.45) is 3.37. The molecule has 4 N–H and O–H groups in total. The zero-order valence-electron chi connectivity index (χ0n) is 16.7. The smallest absolute Gasteiger partial charge is 0.127 e. The molecule has 4 aliphatic rings. The summed E-state index contributed by atoms with van der Waals surface area (Å²) in [6.45, 7) is 10.6. The summed E-state index contributed by atoms with van der Waals surface area (Å²) in [5.41, 5.74) is 0.538. The highest BCUT2D eigenvalue weighted by atomic mass is 16.6. The zero-order chi connectivity index (χ0) is 19.8. The van der Waals surface area contributed by atoms with Crippen molar-refractivity contribution in [2.75, 3.05) is 6.61 Å². The molecule has 152 valence electrons. The largest absolute Gasteiger partial charge is 0.396 e. The molecule has 0 bridgehead atoms. The number of rotatable bonds is 3. The van der Waals surface area contributed by atoms with Crippen molar-refractivity contribution < 1.29 is 25.2 Å². The van der Waals surface area contributed by atoms with Gasteiger partial charge in [0.15, 0.2) is 0 Å². The molecule has 3 aliphatic carbocycles. The molecule has 27 heavy (non-hydrogen) atoms. The van der Waals surface area contributed by atoms with Crippen LogP contribution < -0.4 is 0 Å². The third kappa shape index (κ3) is 2.55. The Balaban J connectivity index is 1.67. The lowest BCUT2D eigenvalue weighted by Gasteiger charge is -2.58. The Hall–Kier alpha value is -0.720. The summed E-state index contributed by atoms with van der Waals surface area (Å²) in [7, 11) is 0. The summed E-state index contributed by atoms with van der Waals surface area (Å²) in [4.78, 5) is 0. The first kappa shape index (κ1) is 19.6. The van der Waals surface area contributed by atoms with E-state index in [9.17, 15) is 20.4 Å². The van der Waals surface area contributed by atoms with E-state index >= 15 is 0 Å². The van der Waals surface area contributed by atoms with E-state index in [4.69, 9.17) is 4.74 Å². The summed E-state index contributed by atoms with van der Waals surface area (Å²) >= 11 is 0. The molecule has 4 rings (SSSR count). The van der Waals surface area contributed by atoms with Crippen LogP contribution in [0.3, 0.4) is 0 Å². The van der Waals surface area contributed by atoms with Gasteiger partial charge >= 0.3 is 0 Å². The number of ether oxygens (including phenoxy) is 1. The first-order chi connectivity index (χ1) is 12.6. The van der Waals surface area contributed by atoms with Crippen molar-refractivity contribution >= 4 is 0 Å². The first-order valence-corrected chi connectivity index (χ1v) is 10.3. The molecule has 9 atom stereocenters. The molecule has 0 spiro atoms. The average Bonchev–Trinajstić information content (AvgIpc) is 3.37. The number of allylic oxidation sites excluding steroid dienone is 2. The maximum atomic E-state index is 10.8. The molecule has 5 nitrogen and oxygen atoms in total. The molecule has 0 amide bonds. The van der Waals surface area contributed by atoms with Gasteiger partial charge in [-0.1, -0.05) is 38.5 Å². The van der Waals surface area contributed by atoms with Crippen molar-refractivity contribution in [2.24, 2.45) is 22.7 Å². The van der Waals surface area contributed by atoms with Crippen LogP contribution in [-0.2, 0) is 4.74 Å². The number of hydrogen-bond acceptors (Lipinski definition) is 5. The van der Waals surface area contributed by atoms with Crippen LogP contribution in [0.25, 0.3) is 0 Å². The molecular formula is C22H34O5. The van der Waals surface area contributed by atoms with Crippen molar-refractivity contribution in [3.63, 3.8) is 0 Å². The second kappa shape index (κ2) is 6.14. The van der Waals surface area contributed by atoms with E-state index in [0.29, 0.717) is 12.3 Å². The van der Waals surface area contributed by atoms with Gasteiger partial charge in [0.05, 0.1) is 0 Å². The SMILES string of the molecule is C=C1[C@@H](O)[C@H](O)[C@]2(C[C@@H]3C(C)=CC[C@H]4[C@@](C)(CO)CCC[C@@]34C)O[C@@H]2[C@H]1O. The van der Waals surface area contributed by atoms with E-state index in [2.05, 4.69) is 33.4 Å². The van der Waals surface area contributed by atoms with Gasteiger partial charge < -0.3 is 25.2 Å². The highest BCUT2D eigenvalue weighted by Gasteiger charge is 2.71. The van der Waals surface area contributed by atoms with Crippen molar-refractivity contribution in [1.82, 2.24) is 0 Å². The maximum Gasteiger partial charge on any atom is 0.127 e. The molecule has 5 heteroatoms. The van der Waals surface area contributed by atoms with Gasteiger partial charge in [-0.15, -0.1) is 0 Å². The molecule has 0 aromatic rings. The molecule has 1 saturated heterocycles. The van der Waals surface area contributed by atoms with E-state index in [1.54, 1.807) is 0 Å². The van der Waals surface area contributed by atoms with Crippen molar-refractivity contribution in [1.29, 1.82) is 0 Å². The van der Waals surface area contributed by atoms with Gasteiger partial charge in [-0.05, 0) is 60.8 Å². The summed E-state index contributed by atoms with van der Waals surface area (Å²) < 4.78 is 5.89. The second-order valence-electron chi connectivity index (χ2n) is 10.1. The quantitative estimate of drug-likeness (QED) is 0.445. The standard InChI is InChI=1S/C22H34O5/c1-12-6-7-15-20(3,11-23)8-5-9-21(15,4)14(12)10-22-18(26)16(24)13(2)17(25)19(22)27-22/h6,14-19,23-26H,2,5,7-11H2,1,3-4H3/t14-,15+,16-,17+,18+,19-,20-,21+,22+/m1/s1. The monoisotopic (exact) mass is 378 g/mol. The number of hydrogen-bond donors (Lipinski definition) is 4. The van der Waals surface area contributed by atoms with Gasteiger partial charge in [-0.2, -0.15) is 0 Å². The number of aliphatic hydroxyl groups excluding tert-OH is 4. The lowest BCUT2D eigenvalue weighted by Crippen LogP contribution is -2.56. The maximum absolute atomic E-state index is 10.8. The highest BCUT2D eigenvalue weighted by Crippen LogP contribution is 2.63. The minimum absolute atomic E-state index is 0.00386. The number of aliphatic hydroxyl groups is 4. The molecule has 2 saturated carbocycles. The molecule has 1 aliphatic heterocycles. The van der Waals surface area contributed by atoms with Gasteiger partial charge in [0.1, 0.15) is 30.0 Å². The highest BCUT2D eigenvalue weighted by molar-refractivity contribution is 5.32. The Morgan fingerprint density at radius 3 is 2.56 bits per heavy atom. The Bertz CT molecular complexity index is 674. The van der Waals surface area contributed by atoms with Gasteiger partial charge in [-0.25, -0.2) is 0 Å². The van der Waals surface area contributed by atoms with Gasteiger partial charge in [0.25, 0.3) is 0 Å². The van der Waals surface area contributed by atoms with Crippen molar-refractivity contribution in [2.45, 2.75) is 82.9 Å². The number of epoxide rings is 1. The molecule has 0 aromatic heterocycles. The molecule has 0 aromatic carbocycles. The molecule has 0 unspecified atom stereocenters. The predicted molar refractivity (Wildman–Crippen MR) is 102 cm³/mol. The van der Waals surface area contributed by atoms with Crippen LogP contribution in [0.2, 0.25) is 0 Å². The fraction of sp³-hybridized carbons (Fsp3) is 0.818.